The average molecular weight is 228 g/mol. The van der Waals surface area contributed by atoms with Gasteiger partial charge in [0, 0.05) is 13.0 Å². The number of aliphatic hydroxyl groups excluding tert-OH is 1. The molecule has 16 heavy (non-hydrogen) atoms. The van der Waals surface area contributed by atoms with Crippen LogP contribution in [-0.2, 0) is 4.79 Å². The van der Waals surface area contributed by atoms with Crippen molar-refractivity contribution in [1.82, 2.24) is 10.6 Å². The lowest BCUT2D eigenvalue weighted by Gasteiger charge is -2.10. The maximum atomic E-state index is 11.5. The molecule has 0 aromatic heterocycles. The van der Waals surface area contributed by atoms with Gasteiger partial charge >= 0.3 is 0 Å². The molecule has 94 valence electrons. The van der Waals surface area contributed by atoms with Crippen LogP contribution in [0.2, 0.25) is 0 Å². The molecule has 1 heterocycles. The molecule has 2 unspecified atom stereocenters. The normalized spacial score (nSPS) is 22.0. The second-order valence-electron chi connectivity index (χ2n) is 4.60. The lowest BCUT2D eigenvalue weighted by molar-refractivity contribution is -0.121. The molecule has 0 aromatic carbocycles. The summed E-state index contributed by atoms with van der Waals surface area (Å²) < 4.78 is 0. The molecular weight excluding hydrogens is 204 g/mol. The number of rotatable bonds is 7. The van der Waals surface area contributed by atoms with Gasteiger partial charge in [0.2, 0.25) is 5.91 Å². The van der Waals surface area contributed by atoms with Gasteiger partial charge in [-0.25, -0.2) is 0 Å². The molecule has 4 nitrogen and oxygen atoms in total. The van der Waals surface area contributed by atoms with E-state index in [0.717, 1.165) is 25.9 Å². The Labute approximate surface area is 97.8 Å². The highest BCUT2D eigenvalue weighted by Gasteiger charge is 2.15. The van der Waals surface area contributed by atoms with Crippen LogP contribution in [0.5, 0.6) is 0 Å². The molecule has 2 atom stereocenters. The molecule has 1 fully saturated rings. The summed E-state index contributed by atoms with van der Waals surface area (Å²) in [6.45, 7) is 4.69. The van der Waals surface area contributed by atoms with Crippen LogP contribution in [0.1, 0.15) is 39.0 Å². The summed E-state index contributed by atoms with van der Waals surface area (Å²) in [5.74, 6) is 0.794. The molecule has 1 saturated heterocycles. The molecule has 0 aromatic rings. The van der Waals surface area contributed by atoms with E-state index in [2.05, 4.69) is 10.6 Å². The summed E-state index contributed by atoms with van der Waals surface area (Å²) in [6, 6.07) is 0. The second kappa shape index (κ2) is 7.63. The Kier molecular flexibility index (Phi) is 6.42. The fourth-order valence-corrected chi connectivity index (χ4v) is 1.97. The van der Waals surface area contributed by atoms with E-state index < -0.39 is 0 Å². The predicted octanol–water partition coefficient (Wildman–Crippen LogP) is 0.653. The molecule has 1 rings (SSSR count). The minimum absolute atomic E-state index is 0.121. The van der Waals surface area contributed by atoms with Gasteiger partial charge in [-0.1, -0.05) is 6.92 Å². The number of carbonyl (C=O) groups excluding carboxylic acids is 1. The summed E-state index contributed by atoms with van der Waals surface area (Å²) in [6.07, 6.45) is 3.93. The van der Waals surface area contributed by atoms with Crippen LogP contribution in [0.15, 0.2) is 0 Å². The van der Waals surface area contributed by atoms with Crippen molar-refractivity contribution in [2.45, 2.75) is 45.1 Å². The summed E-state index contributed by atoms with van der Waals surface area (Å²) >= 11 is 0. The molecule has 1 aliphatic heterocycles. The van der Waals surface area contributed by atoms with Gasteiger partial charge in [-0.3, -0.25) is 4.79 Å². The maximum Gasteiger partial charge on any atom is 0.220 e. The van der Waals surface area contributed by atoms with Crippen molar-refractivity contribution in [3.8, 4) is 0 Å². The SMILES string of the molecule is CCC(O)CCNC(=O)CCC1CCNC1. The first kappa shape index (κ1) is 13.5. The van der Waals surface area contributed by atoms with Crippen molar-refractivity contribution in [2.24, 2.45) is 5.92 Å². The topological polar surface area (TPSA) is 61.4 Å². The predicted molar refractivity (Wildman–Crippen MR) is 64.1 cm³/mol. The van der Waals surface area contributed by atoms with Crippen LogP contribution in [0.4, 0.5) is 0 Å². The lowest BCUT2D eigenvalue weighted by Crippen LogP contribution is -2.27. The fraction of sp³-hybridized carbons (Fsp3) is 0.917. The molecular formula is C12H24N2O2. The van der Waals surface area contributed by atoms with Crippen LogP contribution in [-0.4, -0.2) is 36.8 Å². The average Bonchev–Trinajstić information content (AvgIpc) is 2.79. The Balaban J connectivity index is 1.97. The van der Waals surface area contributed by atoms with Crippen LogP contribution in [0.25, 0.3) is 0 Å². The zero-order valence-corrected chi connectivity index (χ0v) is 10.2. The number of amides is 1. The van der Waals surface area contributed by atoms with E-state index in [4.69, 9.17) is 0 Å². The third-order valence-electron chi connectivity index (χ3n) is 3.21. The lowest BCUT2D eigenvalue weighted by atomic mass is 10.0. The third-order valence-corrected chi connectivity index (χ3v) is 3.21. The van der Waals surface area contributed by atoms with Gasteiger partial charge in [0.1, 0.15) is 0 Å². The number of carbonyl (C=O) groups is 1. The quantitative estimate of drug-likeness (QED) is 0.599. The summed E-state index contributed by atoms with van der Waals surface area (Å²) in [5, 5.41) is 15.5. The number of aliphatic hydroxyl groups is 1. The molecule has 4 heteroatoms. The molecule has 0 radical (unpaired) electrons. The number of hydrogen-bond donors (Lipinski definition) is 3. The molecule has 0 saturated carbocycles. The Morgan fingerprint density at radius 1 is 1.62 bits per heavy atom. The first-order valence-corrected chi connectivity index (χ1v) is 6.37. The summed E-state index contributed by atoms with van der Waals surface area (Å²) in [5.41, 5.74) is 0. The van der Waals surface area contributed by atoms with E-state index in [9.17, 15) is 9.90 Å². The first-order chi connectivity index (χ1) is 7.72. The zero-order valence-electron chi connectivity index (χ0n) is 10.2. The molecule has 0 bridgehead atoms. The Bertz CT molecular complexity index is 203. The van der Waals surface area contributed by atoms with Gasteiger partial charge in [-0.15, -0.1) is 0 Å². The third kappa shape index (κ3) is 5.47. The standard InChI is InChI=1S/C12H24N2O2/c1-2-11(15)6-8-14-12(16)4-3-10-5-7-13-9-10/h10-11,13,15H,2-9H2,1H3,(H,14,16). The van der Waals surface area contributed by atoms with Gasteiger partial charge in [-0.2, -0.15) is 0 Å². The smallest absolute Gasteiger partial charge is 0.220 e. The molecule has 0 spiro atoms. The van der Waals surface area contributed by atoms with Crippen molar-refractivity contribution < 1.29 is 9.90 Å². The highest BCUT2D eigenvalue weighted by atomic mass is 16.3. The minimum Gasteiger partial charge on any atom is -0.393 e. The monoisotopic (exact) mass is 228 g/mol. The molecule has 1 aliphatic rings. The van der Waals surface area contributed by atoms with Gasteiger partial charge in [0.05, 0.1) is 6.10 Å². The number of hydrogen-bond acceptors (Lipinski definition) is 3. The fourth-order valence-electron chi connectivity index (χ4n) is 1.97. The first-order valence-electron chi connectivity index (χ1n) is 6.37. The van der Waals surface area contributed by atoms with Gasteiger partial charge in [0.15, 0.2) is 0 Å². The van der Waals surface area contributed by atoms with Crippen LogP contribution in [0, 0.1) is 5.92 Å². The molecule has 1 amide bonds. The van der Waals surface area contributed by atoms with E-state index in [1.807, 2.05) is 6.92 Å². The summed E-state index contributed by atoms with van der Waals surface area (Å²) in [7, 11) is 0. The van der Waals surface area contributed by atoms with Crippen molar-refractivity contribution in [2.75, 3.05) is 19.6 Å². The molecule has 0 aliphatic carbocycles. The van der Waals surface area contributed by atoms with Gasteiger partial charge < -0.3 is 15.7 Å². The Morgan fingerprint density at radius 2 is 2.44 bits per heavy atom. The Morgan fingerprint density at radius 3 is 3.06 bits per heavy atom. The van der Waals surface area contributed by atoms with E-state index in [0.29, 0.717) is 25.3 Å². The van der Waals surface area contributed by atoms with Gasteiger partial charge in [0.25, 0.3) is 0 Å². The van der Waals surface area contributed by atoms with E-state index in [-0.39, 0.29) is 12.0 Å². The highest BCUT2D eigenvalue weighted by Crippen LogP contribution is 2.13. The van der Waals surface area contributed by atoms with Gasteiger partial charge in [-0.05, 0) is 44.7 Å². The minimum atomic E-state index is -0.278. The highest BCUT2D eigenvalue weighted by molar-refractivity contribution is 5.75. The maximum absolute atomic E-state index is 11.5. The largest absolute Gasteiger partial charge is 0.393 e. The van der Waals surface area contributed by atoms with E-state index >= 15 is 0 Å². The number of nitrogens with one attached hydrogen (secondary N) is 2. The van der Waals surface area contributed by atoms with Crippen LogP contribution >= 0.6 is 0 Å². The van der Waals surface area contributed by atoms with Crippen molar-refractivity contribution >= 4 is 5.91 Å². The van der Waals surface area contributed by atoms with Crippen LogP contribution < -0.4 is 10.6 Å². The Hall–Kier alpha value is -0.610. The van der Waals surface area contributed by atoms with Crippen molar-refractivity contribution in [3.63, 3.8) is 0 Å². The van der Waals surface area contributed by atoms with Crippen molar-refractivity contribution in [1.29, 1.82) is 0 Å². The van der Waals surface area contributed by atoms with E-state index in [1.165, 1.54) is 6.42 Å². The zero-order chi connectivity index (χ0) is 11.8. The van der Waals surface area contributed by atoms with Crippen molar-refractivity contribution in [3.05, 3.63) is 0 Å². The molecule has 3 N–H and O–H groups in total. The summed E-state index contributed by atoms with van der Waals surface area (Å²) in [4.78, 5) is 11.5. The van der Waals surface area contributed by atoms with Crippen LogP contribution in [0.3, 0.4) is 0 Å². The second-order valence-corrected chi connectivity index (χ2v) is 4.60. The van der Waals surface area contributed by atoms with E-state index in [1.54, 1.807) is 0 Å².